The molecular formula is C16H30N2O. The van der Waals surface area contributed by atoms with Crippen LogP contribution < -0.4 is 0 Å². The highest BCUT2D eigenvalue weighted by Crippen LogP contribution is 2.24. The van der Waals surface area contributed by atoms with Crippen LogP contribution in [0.15, 0.2) is 0 Å². The zero-order chi connectivity index (χ0) is 13.1. The van der Waals surface area contributed by atoms with Crippen LogP contribution in [0.3, 0.4) is 0 Å². The Morgan fingerprint density at radius 3 is 2.63 bits per heavy atom. The van der Waals surface area contributed by atoms with Gasteiger partial charge in [-0.2, -0.15) is 0 Å². The van der Waals surface area contributed by atoms with Gasteiger partial charge >= 0.3 is 0 Å². The van der Waals surface area contributed by atoms with E-state index in [1.54, 1.807) is 0 Å². The minimum atomic E-state index is 0.575. The van der Waals surface area contributed by atoms with Gasteiger partial charge in [0.15, 0.2) is 0 Å². The minimum Gasteiger partial charge on any atom is -0.377 e. The van der Waals surface area contributed by atoms with Gasteiger partial charge in [0.25, 0.3) is 0 Å². The average Bonchev–Trinajstić information content (AvgIpc) is 2.92. The maximum atomic E-state index is 6.03. The zero-order valence-electron chi connectivity index (χ0n) is 12.5. The molecule has 2 heterocycles. The van der Waals surface area contributed by atoms with Gasteiger partial charge in [-0.25, -0.2) is 0 Å². The quantitative estimate of drug-likeness (QED) is 0.777. The van der Waals surface area contributed by atoms with E-state index in [-0.39, 0.29) is 0 Å². The van der Waals surface area contributed by atoms with Crippen LogP contribution in [-0.2, 0) is 4.74 Å². The summed E-state index contributed by atoms with van der Waals surface area (Å²) in [5.41, 5.74) is 0. The van der Waals surface area contributed by atoms with Crippen molar-refractivity contribution in [2.45, 2.75) is 70.1 Å². The molecule has 0 amide bonds. The van der Waals surface area contributed by atoms with Crippen molar-refractivity contribution in [2.75, 3.05) is 32.8 Å². The highest BCUT2D eigenvalue weighted by Gasteiger charge is 2.32. The first-order valence-electron chi connectivity index (χ1n) is 8.42. The molecule has 3 heteroatoms. The molecule has 3 nitrogen and oxygen atoms in total. The smallest absolute Gasteiger partial charge is 0.0597 e. The van der Waals surface area contributed by atoms with E-state index in [9.17, 15) is 0 Å². The molecule has 0 aromatic heterocycles. The number of hydrogen-bond donors (Lipinski definition) is 0. The third kappa shape index (κ3) is 3.50. The highest BCUT2D eigenvalue weighted by atomic mass is 16.5. The van der Waals surface area contributed by atoms with Gasteiger partial charge in [0.2, 0.25) is 0 Å². The van der Waals surface area contributed by atoms with E-state index in [4.69, 9.17) is 4.74 Å². The second-order valence-electron chi connectivity index (χ2n) is 6.77. The first-order valence-corrected chi connectivity index (χ1v) is 8.42. The maximum Gasteiger partial charge on any atom is 0.0597 e. The number of rotatable bonds is 4. The lowest BCUT2D eigenvalue weighted by Gasteiger charge is -2.47. The van der Waals surface area contributed by atoms with Crippen LogP contribution in [0.1, 0.15) is 51.9 Å². The van der Waals surface area contributed by atoms with Crippen molar-refractivity contribution in [3.05, 3.63) is 0 Å². The summed E-state index contributed by atoms with van der Waals surface area (Å²) in [5.74, 6) is 0. The summed E-state index contributed by atoms with van der Waals surface area (Å²) in [6, 6.07) is 1.54. The molecule has 19 heavy (non-hydrogen) atoms. The monoisotopic (exact) mass is 266 g/mol. The number of fused-ring (bicyclic) bond motifs is 1. The topological polar surface area (TPSA) is 15.7 Å². The Balaban J connectivity index is 1.42. The van der Waals surface area contributed by atoms with Gasteiger partial charge in [0.1, 0.15) is 0 Å². The van der Waals surface area contributed by atoms with Crippen LogP contribution in [-0.4, -0.2) is 60.8 Å². The molecule has 1 saturated carbocycles. The van der Waals surface area contributed by atoms with E-state index in [1.165, 1.54) is 64.6 Å². The second kappa shape index (κ2) is 6.55. The number of ether oxygens (including phenoxy) is 1. The molecular weight excluding hydrogens is 236 g/mol. The van der Waals surface area contributed by atoms with Crippen LogP contribution in [0.2, 0.25) is 0 Å². The lowest BCUT2D eigenvalue weighted by molar-refractivity contribution is -0.0135. The first kappa shape index (κ1) is 13.8. The van der Waals surface area contributed by atoms with Crippen LogP contribution >= 0.6 is 0 Å². The fourth-order valence-electron chi connectivity index (χ4n) is 4.12. The molecule has 0 radical (unpaired) electrons. The molecule has 3 fully saturated rings. The molecule has 0 aromatic rings. The van der Waals surface area contributed by atoms with Crippen molar-refractivity contribution in [1.82, 2.24) is 9.80 Å². The molecule has 0 N–H and O–H groups in total. The molecule has 0 bridgehead atoms. The molecule has 2 atom stereocenters. The summed E-state index contributed by atoms with van der Waals surface area (Å²) < 4.78 is 6.03. The average molecular weight is 266 g/mol. The third-order valence-corrected chi connectivity index (χ3v) is 5.35. The first-order chi connectivity index (χ1) is 9.33. The molecule has 0 spiro atoms. The molecule has 1 aliphatic carbocycles. The molecule has 2 saturated heterocycles. The van der Waals surface area contributed by atoms with Crippen molar-refractivity contribution < 1.29 is 4.74 Å². The van der Waals surface area contributed by atoms with Gasteiger partial charge in [-0.15, -0.1) is 0 Å². The fraction of sp³-hybridized carbons (Fsp3) is 1.00. The van der Waals surface area contributed by atoms with Gasteiger partial charge in [0, 0.05) is 31.7 Å². The second-order valence-corrected chi connectivity index (χ2v) is 6.77. The van der Waals surface area contributed by atoms with Gasteiger partial charge in [0.05, 0.1) is 12.7 Å². The highest BCUT2D eigenvalue weighted by molar-refractivity contribution is 4.89. The Labute approximate surface area is 118 Å². The number of piperidine rings is 1. The van der Waals surface area contributed by atoms with Gasteiger partial charge in [-0.3, -0.25) is 9.80 Å². The molecule has 0 aromatic carbocycles. The van der Waals surface area contributed by atoms with E-state index in [1.807, 2.05) is 0 Å². The number of hydrogen-bond acceptors (Lipinski definition) is 3. The largest absolute Gasteiger partial charge is 0.377 e. The molecule has 2 aliphatic heterocycles. The summed E-state index contributed by atoms with van der Waals surface area (Å²) >= 11 is 0. The maximum absolute atomic E-state index is 6.03. The normalized spacial score (nSPS) is 34.6. The van der Waals surface area contributed by atoms with E-state index < -0.39 is 0 Å². The predicted molar refractivity (Wildman–Crippen MR) is 78.5 cm³/mol. The van der Waals surface area contributed by atoms with E-state index in [0.717, 1.165) is 19.2 Å². The van der Waals surface area contributed by atoms with Crippen LogP contribution in [0.25, 0.3) is 0 Å². The SMILES string of the molecule is CC1CN2CCCCC2CN1CCOC1CCCC1. The fourth-order valence-corrected chi connectivity index (χ4v) is 4.12. The zero-order valence-corrected chi connectivity index (χ0v) is 12.5. The summed E-state index contributed by atoms with van der Waals surface area (Å²) in [6.07, 6.45) is 10.2. The van der Waals surface area contributed by atoms with E-state index in [2.05, 4.69) is 16.7 Å². The Bertz CT molecular complexity index is 278. The Hall–Kier alpha value is -0.120. The van der Waals surface area contributed by atoms with E-state index >= 15 is 0 Å². The standard InChI is InChI=1S/C16H30N2O/c1-14-12-18-9-5-4-6-15(18)13-17(14)10-11-19-16-7-2-3-8-16/h14-16H,2-13H2,1H3. The van der Waals surface area contributed by atoms with Gasteiger partial charge in [-0.1, -0.05) is 19.3 Å². The number of nitrogens with zero attached hydrogens (tertiary/aromatic N) is 2. The van der Waals surface area contributed by atoms with Crippen LogP contribution in [0.4, 0.5) is 0 Å². The van der Waals surface area contributed by atoms with E-state index in [0.29, 0.717) is 12.1 Å². The van der Waals surface area contributed by atoms with Crippen molar-refractivity contribution in [1.29, 1.82) is 0 Å². The Morgan fingerprint density at radius 1 is 1.00 bits per heavy atom. The van der Waals surface area contributed by atoms with Crippen molar-refractivity contribution in [3.63, 3.8) is 0 Å². The summed E-state index contributed by atoms with van der Waals surface area (Å²) in [6.45, 7) is 8.36. The van der Waals surface area contributed by atoms with Crippen molar-refractivity contribution in [3.8, 4) is 0 Å². The Morgan fingerprint density at radius 2 is 1.79 bits per heavy atom. The third-order valence-electron chi connectivity index (χ3n) is 5.35. The molecule has 3 rings (SSSR count). The van der Waals surface area contributed by atoms with Gasteiger partial charge < -0.3 is 4.74 Å². The summed E-state index contributed by atoms with van der Waals surface area (Å²) in [4.78, 5) is 5.39. The lowest BCUT2D eigenvalue weighted by atomic mass is 9.97. The molecule has 2 unspecified atom stereocenters. The summed E-state index contributed by atoms with van der Waals surface area (Å²) in [7, 11) is 0. The van der Waals surface area contributed by atoms with Crippen LogP contribution in [0, 0.1) is 0 Å². The van der Waals surface area contributed by atoms with Gasteiger partial charge in [-0.05, 0) is 39.2 Å². The van der Waals surface area contributed by atoms with Crippen molar-refractivity contribution in [2.24, 2.45) is 0 Å². The van der Waals surface area contributed by atoms with Crippen LogP contribution in [0.5, 0.6) is 0 Å². The minimum absolute atomic E-state index is 0.575. The summed E-state index contributed by atoms with van der Waals surface area (Å²) in [5, 5.41) is 0. The number of piperazine rings is 1. The Kier molecular flexibility index (Phi) is 4.78. The van der Waals surface area contributed by atoms with Crippen molar-refractivity contribution >= 4 is 0 Å². The lowest BCUT2D eigenvalue weighted by Crippen LogP contribution is -2.59. The predicted octanol–water partition coefficient (Wildman–Crippen LogP) is 2.50. The molecule has 110 valence electrons. The molecule has 3 aliphatic rings.